The molecule has 0 bridgehead atoms. The Balaban J connectivity index is 1.75. The summed E-state index contributed by atoms with van der Waals surface area (Å²) in [5, 5.41) is 12.1. The molecule has 0 atom stereocenters. The number of aliphatic hydroxyl groups is 1. The van der Waals surface area contributed by atoms with Crippen LogP contribution in [-0.2, 0) is 16.1 Å². The molecule has 128 valence electrons. The number of piperidine rings is 1. The Morgan fingerprint density at radius 2 is 2.00 bits per heavy atom. The van der Waals surface area contributed by atoms with Crippen LogP contribution in [0.1, 0.15) is 31.7 Å². The summed E-state index contributed by atoms with van der Waals surface area (Å²) in [4.78, 5) is 14.0. The summed E-state index contributed by atoms with van der Waals surface area (Å²) < 4.78 is 5.21. The van der Waals surface area contributed by atoms with Crippen LogP contribution in [0, 0.1) is 5.92 Å². The van der Waals surface area contributed by atoms with Crippen LogP contribution in [0.15, 0.2) is 24.3 Å². The van der Waals surface area contributed by atoms with Crippen molar-refractivity contribution in [2.24, 2.45) is 5.92 Å². The van der Waals surface area contributed by atoms with E-state index >= 15 is 0 Å². The van der Waals surface area contributed by atoms with E-state index in [9.17, 15) is 9.90 Å². The number of carbonyl (C=O) groups is 1. The van der Waals surface area contributed by atoms with Crippen molar-refractivity contribution in [1.29, 1.82) is 0 Å². The molecule has 0 saturated carbocycles. The van der Waals surface area contributed by atoms with Gasteiger partial charge in [-0.05, 0) is 42.9 Å². The van der Waals surface area contributed by atoms with Crippen molar-refractivity contribution in [1.82, 2.24) is 5.32 Å². The molecule has 5 heteroatoms. The highest BCUT2D eigenvalue weighted by molar-refractivity contribution is 5.77. The minimum atomic E-state index is -0.0754. The molecule has 1 saturated heterocycles. The summed E-state index contributed by atoms with van der Waals surface area (Å²) in [6, 6.07) is 8.32. The van der Waals surface area contributed by atoms with Gasteiger partial charge in [0.2, 0.25) is 5.91 Å². The molecule has 5 nitrogen and oxygen atoms in total. The minimum Gasteiger partial charge on any atom is -0.396 e. The molecule has 23 heavy (non-hydrogen) atoms. The highest BCUT2D eigenvalue weighted by atomic mass is 16.5. The first kappa shape index (κ1) is 17.8. The van der Waals surface area contributed by atoms with Crippen LogP contribution in [0.25, 0.3) is 0 Å². The largest absolute Gasteiger partial charge is 0.396 e. The molecular weight excluding hydrogens is 292 g/mol. The third-order valence-corrected chi connectivity index (χ3v) is 4.25. The Bertz CT molecular complexity index is 468. The number of amides is 1. The zero-order valence-electron chi connectivity index (χ0n) is 14.0. The lowest BCUT2D eigenvalue weighted by Crippen LogP contribution is -2.34. The molecule has 0 radical (unpaired) electrons. The molecule has 0 unspecified atom stereocenters. The molecule has 1 aliphatic heterocycles. The third kappa shape index (κ3) is 5.84. The quantitative estimate of drug-likeness (QED) is 0.719. The molecule has 2 rings (SSSR count). The fourth-order valence-electron chi connectivity index (χ4n) is 2.76. The number of hydrogen-bond acceptors (Lipinski definition) is 4. The lowest BCUT2D eigenvalue weighted by molar-refractivity contribution is -0.125. The van der Waals surface area contributed by atoms with Gasteiger partial charge >= 0.3 is 0 Å². The molecule has 1 aliphatic rings. The fourth-order valence-corrected chi connectivity index (χ4v) is 2.76. The zero-order valence-corrected chi connectivity index (χ0v) is 14.0. The lowest BCUT2D eigenvalue weighted by Gasteiger charge is -2.33. The molecular formula is C18H28N2O3. The van der Waals surface area contributed by atoms with E-state index in [1.165, 1.54) is 5.69 Å². The van der Waals surface area contributed by atoms with Gasteiger partial charge in [-0.15, -0.1) is 0 Å². The Morgan fingerprint density at radius 3 is 2.61 bits per heavy atom. The number of benzene rings is 1. The summed E-state index contributed by atoms with van der Waals surface area (Å²) >= 11 is 0. The van der Waals surface area contributed by atoms with Gasteiger partial charge in [-0.25, -0.2) is 0 Å². The second-order valence-electron chi connectivity index (χ2n) is 6.11. The van der Waals surface area contributed by atoms with Crippen molar-refractivity contribution in [3.8, 4) is 0 Å². The molecule has 0 aliphatic carbocycles. The van der Waals surface area contributed by atoms with E-state index in [2.05, 4.69) is 34.5 Å². The molecule has 1 aromatic carbocycles. The highest BCUT2D eigenvalue weighted by Gasteiger charge is 2.18. The second kappa shape index (κ2) is 9.53. The topological polar surface area (TPSA) is 61.8 Å². The highest BCUT2D eigenvalue weighted by Crippen LogP contribution is 2.23. The van der Waals surface area contributed by atoms with Crippen LogP contribution < -0.4 is 10.2 Å². The van der Waals surface area contributed by atoms with Crippen LogP contribution in [-0.4, -0.2) is 43.9 Å². The number of ether oxygens (including phenoxy) is 1. The van der Waals surface area contributed by atoms with E-state index in [4.69, 9.17) is 4.74 Å². The van der Waals surface area contributed by atoms with Crippen molar-refractivity contribution >= 4 is 11.6 Å². The molecule has 0 spiro atoms. The van der Waals surface area contributed by atoms with E-state index in [-0.39, 0.29) is 12.5 Å². The number of carbonyl (C=O) groups excluding carboxylic acids is 1. The predicted molar refractivity (Wildman–Crippen MR) is 91.4 cm³/mol. The van der Waals surface area contributed by atoms with Gasteiger partial charge in [0, 0.05) is 38.5 Å². The second-order valence-corrected chi connectivity index (χ2v) is 6.11. The number of anilines is 1. The maximum absolute atomic E-state index is 11.6. The molecule has 1 aromatic rings. The monoisotopic (exact) mass is 320 g/mol. The fraction of sp³-hybridized carbons (Fsp3) is 0.611. The standard InChI is InChI=1S/C18H28N2O3/c1-2-11-23-14-18(22)19-12-15-3-5-17(6-4-15)20-9-7-16(13-21)8-10-20/h3-6,16,21H,2,7-14H2,1H3,(H,19,22). The van der Waals surface area contributed by atoms with Crippen LogP contribution in [0.3, 0.4) is 0 Å². The average molecular weight is 320 g/mol. The van der Waals surface area contributed by atoms with E-state index in [0.29, 0.717) is 25.7 Å². The van der Waals surface area contributed by atoms with E-state index < -0.39 is 0 Å². The summed E-state index contributed by atoms with van der Waals surface area (Å²) in [5.74, 6) is 0.379. The summed E-state index contributed by atoms with van der Waals surface area (Å²) in [7, 11) is 0. The average Bonchev–Trinajstić information content (AvgIpc) is 2.61. The normalized spacial score (nSPS) is 15.7. The van der Waals surface area contributed by atoms with Crippen molar-refractivity contribution in [3.05, 3.63) is 29.8 Å². The van der Waals surface area contributed by atoms with E-state index in [1.54, 1.807) is 0 Å². The van der Waals surface area contributed by atoms with Crippen molar-refractivity contribution < 1.29 is 14.6 Å². The third-order valence-electron chi connectivity index (χ3n) is 4.25. The summed E-state index contributed by atoms with van der Waals surface area (Å²) in [6.07, 6.45) is 3.02. The van der Waals surface area contributed by atoms with Crippen molar-refractivity contribution in [2.45, 2.75) is 32.7 Å². The van der Waals surface area contributed by atoms with Gasteiger partial charge in [0.05, 0.1) is 0 Å². The van der Waals surface area contributed by atoms with Gasteiger partial charge in [-0.1, -0.05) is 19.1 Å². The zero-order chi connectivity index (χ0) is 16.5. The smallest absolute Gasteiger partial charge is 0.246 e. The van der Waals surface area contributed by atoms with Gasteiger partial charge in [-0.3, -0.25) is 4.79 Å². The number of aliphatic hydroxyl groups excluding tert-OH is 1. The van der Waals surface area contributed by atoms with E-state index in [1.807, 2.05) is 6.92 Å². The Kier molecular flexibility index (Phi) is 7.36. The molecule has 1 amide bonds. The van der Waals surface area contributed by atoms with Crippen LogP contribution >= 0.6 is 0 Å². The van der Waals surface area contributed by atoms with Crippen molar-refractivity contribution in [3.63, 3.8) is 0 Å². The SMILES string of the molecule is CCCOCC(=O)NCc1ccc(N2CCC(CO)CC2)cc1. The first-order chi connectivity index (χ1) is 11.2. The Labute approximate surface area is 138 Å². The van der Waals surface area contributed by atoms with Crippen LogP contribution in [0.5, 0.6) is 0 Å². The minimum absolute atomic E-state index is 0.0754. The first-order valence-electron chi connectivity index (χ1n) is 8.52. The molecule has 1 fully saturated rings. The van der Waals surface area contributed by atoms with E-state index in [0.717, 1.165) is 37.9 Å². The maximum Gasteiger partial charge on any atom is 0.246 e. The van der Waals surface area contributed by atoms with Gasteiger partial charge in [0.15, 0.2) is 0 Å². The number of hydrogen-bond donors (Lipinski definition) is 2. The summed E-state index contributed by atoms with van der Waals surface area (Å²) in [5.41, 5.74) is 2.30. The number of nitrogens with zero attached hydrogens (tertiary/aromatic N) is 1. The molecule has 0 aromatic heterocycles. The van der Waals surface area contributed by atoms with Crippen LogP contribution in [0.4, 0.5) is 5.69 Å². The lowest BCUT2D eigenvalue weighted by atomic mass is 9.97. The van der Waals surface area contributed by atoms with Gasteiger partial charge in [-0.2, -0.15) is 0 Å². The van der Waals surface area contributed by atoms with Gasteiger partial charge in [0.25, 0.3) is 0 Å². The summed E-state index contributed by atoms with van der Waals surface area (Å²) in [6.45, 7) is 5.59. The van der Waals surface area contributed by atoms with Gasteiger partial charge < -0.3 is 20.1 Å². The van der Waals surface area contributed by atoms with Crippen molar-refractivity contribution in [2.75, 3.05) is 37.8 Å². The first-order valence-corrected chi connectivity index (χ1v) is 8.52. The number of nitrogens with one attached hydrogen (secondary N) is 1. The number of rotatable bonds is 8. The van der Waals surface area contributed by atoms with Crippen LogP contribution in [0.2, 0.25) is 0 Å². The Hall–Kier alpha value is -1.59. The predicted octanol–water partition coefficient (Wildman–Crippen LogP) is 1.94. The Morgan fingerprint density at radius 1 is 1.30 bits per heavy atom. The maximum atomic E-state index is 11.6. The van der Waals surface area contributed by atoms with Gasteiger partial charge in [0.1, 0.15) is 6.61 Å². The molecule has 2 N–H and O–H groups in total. The molecule has 1 heterocycles.